The van der Waals surface area contributed by atoms with Gasteiger partial charge in [-0.15, -0.1) is 0 Å². The Hall–Kier alpha value is -0.440. The fourth-order valence-corrected chi connectivity index (χ4v) is 1.91. The lowest BCUT2D eigenvalue weighted by molar-refractivity contribution is 0.177. The molecule has 0 amide bonds. The lowest BCUT2D eigenvalue weighted by Crippen LogP contribution is -2.34. The quantitative estimate of drug-likeness (QED) is 0.847. The van der Waals surface area contributed by atoms with Gasteiger partial charge in [0.2, 0.25) is 0 Å². The largest absolute Gasteiger partial charge is 0.493 e. The van der Waals surface area contributed by atoms with Crippen molar-refractivity contribution in [3.05, 3.63) is 28.2 Å². The number of hydrogen-bond acceptors (Lipinski definition) is 2. The van der Waals surface area contributed by atoms with Gasteiger partial charge in [-0.05, 0) is 24.7 Å². The lowest BCUT2D eigenvalue weighted by Gasteiger charge is -2.25. The van der Waals surface area contributed by atoms with E-state index in [1.807, 2.05) is 0 Å². The molecule has 0 unspecified atom stereocenters. The van der Waals surface area contributed by atoms with E-state index in [4.69, 9.17) is 27.9 Å². The van der Waals surface area contributed by atoms with Crippen LogP contribution < -0.4 is 10.1 Å². The second-order valence-corrected chi connectivity index (χ2v) is 5.71. The van der Waals surface area contributed by atoms with Crippen LogP contribution in [0.4, 0.5) is 0 Å². The third-order valence-electron chi connectivity index (χ3n) is 2.32. The Morgan fingerprint density at radius 2 is 1.76 bits per heavy atom. The average molecular weight is 276 g/mol. The van der Waals surface area contributed by atoms with Crippen molar-refractivity contribution in [2.75, 3.05) is 19.7 Å². The first-order valence-corrected chi connectivity index (χ1v) is 6.48. The smallest absolute Gasteiger partial charge is 0.122 e. The van der Waals surface area contributed by atoms with Crippen LogP contribution >= 0.6 is 23.2 Å². The zero-order valence-electron chi connectivity index (χ0n) is 10.5. The van der Waals surface area contributed by atoms with E-state index in [-0.39, 0.29) is 5.41 Å². The van der Waals surface area contributed by atoms with Crippen molar-refractivity contribution in [1.29, 1.82) is 0 Å². The zero-order chi connectivity index (χ0) is 12.9. The van der Waals surface area contributed by atoms with Crippen molar-refractivity contribution in [2.24, 2.45) is 5.41 Å². The molecular weight excluding hydrogens is 257 g/mol. The number of rotatable bonds is 6. The summed E-state index contributed by atoms with van der Waals surface area (Å²) < 4.78 is 5.72. The van der Waals surface area contributed by atoms with Crippen LogP contribution in [0.25, 0.3) is 0 Å². The lowest BCUT2D eigenvalue weighted by atomic mass is 9.95. The molecule has 0 aliphatic rings. The van der Waals surface area contributed by atoms with Gasteiger partial charge in [0.15, 0.2) is 0 Å². The van der Waals surface area contributed by atoms with Gasteiger partial charge in [0.05, 0.1) is 6.61 Å². The van der Waals surface area contributed by atoms with Crippen molar-refractivity contribution in [2.45, 2.75) is 20.8 Å². The molecule has 0 radical (unpaired) electrons. The predicted molar refractivity (Wildman–Crippen MR) is 74.3 cm³/mol. The topological polar surface area (TPSA) is 21.3 Å². The standard InChI is InChI=1S/C13H19Cl2NO/c1-4-16-8-13(2,3)9-17-12-6-10(14)5-11(15)7-12/h5-7,16H,4,8-9H2,1-3H3. The zero-order valence-corrected chi connectivity index (χ0v) is 12.0. The Kier molecular flexibility index (Phi) is 5.57. The van der Waals surface area contributed by atoms with Crippen molar-refractivity contribution >= 4 is 23.2 Å². The van der Waals surface area contributed by atoms with Gasteiger partial charge in [-0.1, -0.05) is 44.0 Å². The molecule has 17 heavy (non-hydrogen) atoms. The van der Waals surface area contributed by atoms with E-state index in [0.717, 1.165) is 13.1 Å². The molecule has 0 aromatic heterocycles. The monoisotopic (exact) mass is 275 g/mol. The molecule has 0 fully saturated rings. The van der Waals surface area contributed by atoms with E-state index in [2.05, 4.69) is 26.1 Å². The van der Waals surface area contributed by atoms with Crippen LogP contribution in [0.5, 0.6) is 5.75 Å². The van der Waals surface area contributed by atoms with Crippen LogP contribution in [0.3, 0.4) is 0 Å². The summed E-state index contributed by atoms with van der Waals surface area (Å²) >= 11 is 11.8. The van der Waals surface area contributed by atoms with Gasteiger partial charge in [0.1, 0.15) is 5.75 Å². The fraction of sp³-hybridized carbons (Fsp3) is 0.538. The minimum absolute atomic E-state index is 0.0742. The maximum Gasteiger partial charge on any atom is 0.122 e. The SMILES string of the molecule is CCNCC(C)(C)COc1cc(Cl)cc(Cl)c1. The van der Waals surface area contributed by atoms with Crippen molar-refractivity contribution in [3.8, 4) is 5.75 Å². The summed E-state index contributed by atoms with van der Waals surface area (Å²) in [6, 6.07) is 5.24. The third-order valence-corrected chi connectivity index (χ3v) is 2.76. The first-order chi connectivity index (χ1) is 7.93. The number of nitrogens with one attached hydrogen (secondary N) is 1. The summed E-state index contributed by atoms with van der Waals surface area (Å²) in [5, 5.41) is 4.50. The molecule has 1 aromatic rings. The molecule has 0 aliphatic carbocycles. The Labute approximate surface area is 113 Å². The van der Waals surface area contributed by atoms with Crippen LogP contribution in [0.1, 0.15) is 20.8 Å². The molecule has 0 bridgehead atoms. The maximum atomic E-state index is 5.91. The fourth-order valence-electron chi connectivity index (χ4n) is 1.40. The highest BCUT2D eigenvalue weighted by Crippen LogP contribution is 2.25. The predicted octanol–water partition coefficient (Wildman–Crippen LogP) is 4.01. The molecule has 0 aliphatic heterocycles. The average Bonchev–Trinajstić information content (AvgIpc) is 2.23. The van der Waals surface area contributed by atoms with Crippen molar-refractivity contribution in [1.82, 2.24) is 5.32 Å². The molecule has 1 N–H and O–H groups in total. The highest BCUT2D eigenvalue weighted by Gasteiger charge is 2.18. The van der Waals surface area contributed by atoms with Gasteiger partial charge in [-0.3, -0.25) is 0 Å². The molecular formula is C13H19Cl2NO. The summed E-state index contributed by atoms with van der Waals surface area (Å²) in [6.45, 7) is 8.90. The molecule has 0 heterocycles. The first-order valence-electron chi connectivity index (χ1n) is 5.72. The van der Waals surface area contributed by atoms with Gasteiger partial charge >= 0.3 is 0 Å². The number of hydrogen-bond donors (Lipinski definition) is 1. The second kappa shape index (κ2) is 6.48. The van der Waals surface area contributed by atoms with Gasteiger partial charge in [-0.25, -0.2) is 0 Å². The summed E-state index contributed by atoms with van der Waals surface area (Å²) in [7, 11) is 0. The Balaban J connectivity index is 2.54. The molecule has 0 saturated carbocycles. The highest BCUT2D eigenvalue weighted by molar-refractivity contribution is 6.34. The molecule has 1 rings (SSSR count). The van der Waals surface area contributed by atoms with Crippen molar-refractivity contribution in [3.63, 3.8) is 0 Å². The summed E-state index contributed by atoms with van der Waals surface area (Å²) in [5.41, 5.74) is 0.0742. The van der Waals surface area contributed by atoms with E-state index < -0.39 is 0 Å². The van der Waals surface area contributed by atoms with Gasteiger partial charge in [0, 0.05) is 22.0 Å². The van der Waals surface area contributed by atoms with E-state index in [1.54, 1.807) is 18.2 Å². The molecule has 0 spiro atoms. The van der Waals surface area contributed by atoms with E-state index in [1.165, 1.54) is 0 Å². The van der Waals surface area contributed by atoms with Gasteiger partial charge in [0.25, 0.3) is 0 Å². The molecule has 0 atom stereocenters. The molecule has 2 nitrogen and oxygen atoms in total. The van der Waals surface area contributed by atoms with Gasteiger partial charge < -0.3 is 10.1 Å². The number of halogens is 2. The van der Waals surface area contributed by atoms with E-state index in [0.29, 0.717) is 22.4 Å². The minimum atomic E-state index is 0.0742. The van der Waals surface area contributed by atoms with E-state index >= 15 is 0 Å². The van der Waals surface area contributed by atoms with Crippen LogP contribution in [0.15, 0.2) is 18.2 Å². The van der Waals surface area contributed by atoms with Crippen LogP contribution in [-0.2, 0) is 0 Å². The molecule has 1 aromatic carbocycles. The van der Waals surface area contributed by atoms with Crippen LogP contribution in [0, 0.1) is 5.41 Å². The third kappa shape index (κ3) is 5.62. The van der Waals surface area contributed by atoms with Crippen LogP contribution in [0.2, 0.25) is 10.0 Å². The molecule has 4 heteroatoms. The second-order valence-electron chi connectivity index (χ2n) is 4.84. The normalized spacial score (nSPS) is 11.6. The Bertz CT molecular complexity index is 346. The van der Waals surface area contributed by atoms with E-state index in [9.17, 15) is 0 Å². The molecule has 0 saturated heterocycles. The number of ether oxygens (including phenoxy) is 1. The number of benzene rings is 1. The first kappa shape index (κ1) is 14.6. The highest BCUT2D eigenvalue weighted by atomic mass is 35.5. The van der Waals surface area contributed by atoms with Crippen LogP contribution in [-0.4, -0.2) is 19.7 Å². The Morgan fingerprint density at radius 1 is 1.18 bits per heavy atom. The summed E-state index contributed by atoms with van der Waals surface area (Å²) in [5.74, 6) is 0.715. The Morgan fingerprint density at radius 3 is 2.29 bits per heavy atom. The maximum absolute atomic E-state index is 5.91. The van der Waals surface area contributed by atoms with Gasteiger partial charge in [-0.2, -0.15) is 0 Å². The summed E-state index contributed by atoms with van der Waals surface area (Å²) in [6.07, 6.45) is 0. The van der Waals surface area contributed by atoms with Crippen molar-refractivity contribution < 1.29 is 4.74 Å². The summed E-state index contributed by atoms with van der Waals surface area (Å²) in [4.78, 5) is 0. The minimum Gasteiger partial charge on any atom is -0.493 e. The molecule has 96 valence electrons.